The maximum Gasteiger partial charge on any atom is 0.146 e. The molecule has 17 heavy (non-hydrogen) atoms. The molecule has 1 aliphatic heterocycles. The number of methoxy groups -OCH3 is 1. The van der Waals surface area contributed by atoms with Crippen molar-refractivity contribution in [3.8, 4) is 0 Å². The largest absolute Gasteiger partial charge is 0.359 e. The Balaban J connectivity index is 2.27. The average molecular weight is 250 g/mol. The number of rotatable bonds is 4. The van der Waals surface area contributed by atoms with E-state index in [0.29, 0.717) is 6.79 Å². The lowest BCUT2D eigenvalue weighted by atomic mass is 9.86. The molecule has 3 heteroatoms. The topological polar surface area (TPSA) is 18.5 Å². The van der Waals surface area contributed by atoms with Gasteiger partial charge >= 0.3 is 0 Å². The zero-order valence-corrected chi connectivity index (χ0v) is 12.2. The first-order valence-corrected chi connectivity index (χ1v) is 9.37. The number of benzene rings is 1. The molecule has 0 radical (unpaired) electrons. The Morgan fingerprint density at radius 1 is 1.29 bits per heavy atom. The van der Waals surface area contributed by atoms with Gasteiger partial charge in [-0.2, -0.15) is 0 Å². The van der Waals surface area contributed by atoms with Gasteiger partial charge in [0.1, 0.15) is 6.79 Å². The summed E-state index contributed by atoms with van der Waals surface area (Å²) in [6.45, 7) is 8.37. The molecule has 1 atom stereocenters. The summed E-state index contributed by atoms with van der Waals surface area (Å²) < 4.78 is 10.6. The smallest absolute Gasteiger partial charge is 0.146 e. The lowest BCUT2D eigenvalue weighted by Gasteiger charge is -2.26. The van der Waals surface area contributed by atoms with Crippen LogP contribution in [0, 0.1) is 0 Å². The van der Waals surface area contributed by atoms with Crippen molar-refractivity contribution in [2.24, 2.45) is 0 Å². The number of hydrogen-bond donors (Lipinski definition) is 0. The van der Waals surface area contributed by atoms with Crippen LogP contribution in [0.5, 0.6) is 0 Å². The summed E-state index contributed by atoms with van der Waals surface area (Å²) in [6, 6.07) is 10.2. The summed E-state index contributed by atoms with van der Waals surface area (Å²) in [5.74, 6) is 0. The molecule has 0 fully saturated rings. The van der Waals surface area contributed by atoms with Crippen molar-refractivity contribution < 1.29 is 9.47 Å². The van der Waals surface area contributed by atoms with Crippen LogP contribution in [-0.2, 0) is 14.9 Å². The van der Waals surface area contributed by atoms with Crippen LogP contribution in [0.2, 0.25) is 19.1 Å². The van der Waals surface area contributed by atoms with Crippen molar-refractivity contribution >= 4 is 13.3 Å². The average Bonchev–Trinajstić information content (AvgIpc) is 2.48. The van der Waals surface area contributed by atoms with Crippen LogP contribution in [0.1, 0.15) is 12.5 Å². The predicted octanol–water partition coefficient (Wildman–Crippen LogP) is 2.49. The van der Waals surface area contributed by atoms with Gasteiger partial charge in [-0.15, -0.1) is 0 Å². The Morgan fingerprint density at radius 3 is 2.71 bits per heavy atom. The van der Waals surface area contributed by atoms with Crippen LogP contribution < -0.4 is 5.19 Å². The highest BCUT2D eigenvalue weighted by atomic mass is 28.3. The minimum atomic E-state index is -1.28. The van der Waals surface area contributed by atoms with Gasteiger partial charge in [-0.3, -0.25) is 0 Å². The Labute approximate surface area is 105 Å². The van der Waals surface area contributed by atoms with Gasteiger partial charge < -0.3 is 9.47 Å². The molecule has 0 amide bonds. The molecule has 0 unspecified atom stereocenters. The number of ether oxygens (including phenoxy) is 2. The molecule has 2 nitrogen and oxygen atoms in total. The van der Waals surface area contributed by atoms with Crippen molar-refractivity contribution in [3.63, 3.8) is 0 Å². The third-order valence-electron chi connectivity index (χ3n) is 3.76. The Kier molecular flexibility index (Phi) is 3.43. The quantitative estimate of drug-likeness (QED) is 0.464. The fourth-order valence-electron chi connectivity index (χ4n) is 3.24. The molecular weight excluding hydrogens is 228 g/mol. The van der Waals surface area contributed by atoms with Crippen molar-refractivity contribution in [2.45, 2.75) is 31.5 Å². The molecule has 1 aliphatic rings. The first-order chi connectivity index (χ1) is 7.99. The lowest BCUT2D eigenvalue weighted by Crippen LogP contribution is -2.38. The molecule has 0 saturated carbocycles. The van der Waals surface area contributed by atoms with E-state index in [1.165, 1.54) is 11.6 Å². The molecule has 0 aromatic heterocycles. The van der Waals surface area contributed by atoms with Gasteiger partial charge in [0.15, 0.2) is 0 Å². The van der Waals surface area contributed by atoms with E-state index in [4.69, 9.17) is 9.47 Å². The van der Waals surface area contributed by atoms with E-state index >= 15 is 0 Å². The monoisotopic (exact) mass is 250 g/mol. The van der Waals surface area contributed by atoms with Crippen molar-refractivity contribution in [1.29, 1.82) is 0 Å². The summed E-state index contributed by atoms with van der Waals surface area (Å²) in [6.07, 6.45) is 0. The van der Waals surface area contributed by atoms with Gasteiger partial charge in [-0.1, -0.05) is 49.5 Å². The second kappa shape index (κ2) is 4.56. The van der Waals surface area contributed by atoms with E-state index in [-0.39, 0.29) is 5.41 Å². The maximum atomic E-state index is 5.62. The first-order valence-electron chi connectivity index (χ1n) is 6.16. The van der Waals surface area contributed by atoms with Gasteiger partial charge in [0, 0.05) is 12.5 Å². The highest BCUT2D eigenvalue weighted by Gasteiger charge is 2.45. The zero-order valence-electron chi connectivity index (χ0n) is 11.2. The second-order valence-electron chi connectivity index (χ2n) is 5.92. The molecule has 1 aromatic rings. The fourth-order valence-corrected chi connectivity index (χ4v) is 7.34. The van der Waals surface area contributed by atoms with E-state index in [0.717, 1.165) is 6.61 Å². The SMILES string of the molecule is COCOC[C@]1(C)C[Si](C)(C)c2ccccc21. The van der Waals surface area contributed by atoms with E-state index in [2.05, 4.69) is 44.3 Å². The molecule has 0 spiro atoms. The molecule has 0 bridgehead atoms. The van der Waals surface area contributed by atoms with E-state index in [1.807, 2.05) is 0 Å². The van der Waals surface area contributed by atoms with Gasteiger partial charge in [0.25, 0.3) is 0 Å². The second-order valence-corrected chi connectivity index (χ2v) is 10.6. The summed E-state index contributed by atoms with van der Waals surface area (Å²) >= 11 is 0. The van der Waals surface area contributed by atoms with Gasteiger partial charge in [-0.05, 0) is 11.6 Å². The summed E-state index contributed by atoms with van der Waals surface area (Å²) in [5.41, 5.74) is 1.66. The Morgan fingerprint density at radius 2 is 2.00 bits per heavy atom. The highest BCUT2D eigenvalue weighted by Crippen LogP contribution is 2.39. The normalized spacial score (nSPS) is 25.9. The molecular formula is C14H22O2Si. The lowest BCUT2D eigenvalue weighted by molar-refractivity contribution is -0.0448. The number of fused-ring (bicyclic) bond motifs is 1. The summed E-state index contributed by atoms with van der Waals surface area (Å²) in [4.78, 5) is 0. The van der Waals surface area contributed by atoms with Crippen molar-refractivity contribution in [3.05, 3.63) is 29.8 Å². The third-order valence-corrected chi connectivity index (χ3v) is 7.32. The minimum absolute atomic E-state index is 0.171. The molecule has 1 heterocycles. The molecule has 2 rings (SSSR count). The number of hydrogen-bond acceptors (Lipinski definition) is 2. The molecule has 0 saturated heterocycles. The third kappa shape index (κ3) is 2.32. The molecule has 1 aromatic carbocycles. The molecule has 0 aliphatic carbocycles. The van der Waals surface area contributed by atoms with E-state index < -0.39 is 8.07 Å². The Bertz CT molecular complexity index is 403. The highest BCUT2D eigenvalue weighted by molar-refractivity contribution is 6.91. The van der Waals surface area contributed by atoms with E-state index in [9.17, 15) is 0 Å². The first kappa shape index (κ1) is 12.8. The summed E-state index contributed by atoms with van der Waals surface area (Å²) in [5, 5.41) is 1.60. The van der Waals surface area contributed by atoms with Crippen LogP contribution in [0.3, 0.4) is 0 Å². The minimum Gasteiger partial charge on any atom is -0.359 e. The fraction of sp³-hybridized carbons (Fsp3) is 0.571. The van der Waals surface area contributed by atoms with Crippen LogP contribution in [0.4, 0.5) is 0 Å². The molecule has 0 N–H and O–H groups in total. The van der Waals surface area contributed by atoms with Crippen LogP contribution >= 0.6 is 0 Å². The standard InChI is InChI=1S/C14H22O2Si/c1-14(9-16-11-15-2)10-17(3,4)13-8-6-5-7-12(13)14/h5-8H,9-11H2,1-4H3/t14-/m1/s1. The maximum absolute atomic E-state index is 5.62. The van der Waals surface area contributed by atoms with Gasteiger partial charge in [-0.25, -0.2) is 0 Å². The van der Waals surface area contributed by atoms with Gasteiger partial charge in [0.2, 0.25) is 0 Å². The zero-order chi connectivity index (χ0) is 12.5. The Hall–Kier alpha value is -0.643. The molecule has 94 valence electrons. The van der Waals surface area contributed by atoms with E-state index in [1.54, 1.807) is 12.3 Å². The van der Waals surface area contributed by atoms with Crippen LogP contribution in [0.25, 0.3) is 0 Å². The van der Waals surface area contributed by atoms with Crippen LogP contribution in [0.15, 0.2) is 24.3 Å². The van der Waals surface area contributed by atoms with Gasteiger partial charge in [0.05, 0.1) is 14.7 Å². The van der Waals surface area contributed by atoms with Crippen molar-refractivity contribution in [1.82, 2.24) is 0 Å². The van der Waals surface area contributed by atoms with Crippen molar-refractivity contribution in [2.75, 3.05) is 20.5 Å². The summed E-state index contributed by atoms with van der Waals surface area (Å²) in [7, 11) is 0.393. The van der Waals surface area contributed by atoms with Crippen LogP contribution in [-0.4, -0.2) is 28.6 Å². The predicted molar refractivity (Wildman–Crippen MR) is 73.5 cm³/mol.